The Morgan fingerprint density at radius 3 is 2.44 bits per heavy atom. The van der Waals surface area contributed by atoms with Gasteiger partial charge in [-0.25, -0.2) is 0 Å². The van der Waals surface area contributed by atoms with Crippen LogP contribution in [0.1, 0.15) is 41.2 Å². The van der Waals surface area contributed by atoms with Gasteiger partial charge in [-0.1, -0.05) is 33.6 Å². The molecule has 0 aliphatic carbocycles. The van der Waals surface area contributed by atoms with E-state index in [9.17, 15) is 4.79 Å². The van der Waals surface area contributed by atoms with E-state index in [1.165, 1.54) is 22.3 Å². The predicted octanol–water partition coefficient (Wildman–Crippen LogP) is 3.80. The van der Waals surface area contributed by atoms with Crippen LogP contribution in [0, 0.1) is 20.8 Å². The van der Waals surface area contributed by atoms with Gasteiger partial charge in [0.25, 0.3) is 0 Å². The third-order valence-corrected chi connectivity index (χ3v) is 4.12. The maximum atomic E-state index is 11.6. The first kappa shape index (κ1) is 13.8. The summed E-state index contributed by atoms with van der Waals surface area (Å²) in [5.74, 6) is 0.153. The Morgan fingerprint density at radius 1 is 1.28 bits per heavy atom. The molecular formula is C15H19BrO2. The van der Waals surface area contributed by atoms with Crippen molar-refractivity contribution in [3.05, 3.63) is 34.4 Å². The molecule has 0 bridgehead atoms. The number of rotatable bonds is 3. The average Bonchev–Trinajstić information content (AvgIpc) is 2.76. The maximum absolute atomic E-state index is 11.6. The summed E-state index contributed by atoms with van der Waals surface area (Å²) >= 11 is 3.21. The predicted molar refractivity (Wildman–Crippen MR) is 76.3 cm³/mol. The quantitative estimate of drug-likeness (QED) is 0.794. The minimum Gasteiger partial charge on any atom is -0.362 e. The molecule has 3 heteroatoms. The van der Waals surface area contributed by atoms with Crippen LogP contribution in [0.4, 0.5) is 0 Å². The molecule has 1 aromatic rings. The highest BCUT2D eigenvalue weighted by molar-refractivity contribution is 9.09. The molecule has 0 saturated carbocycles. The van der Waals surface area contributed by atoms with E-state index in [0.29, 0.717) is 5.33 Å². The molecule has 1 saturated heterocycles. The van der Waals surface area contributed by atoms with Crippen molar-refractivity contribution in [2.45, 2.75) is 45.8 Å². The van der Waals surface area contributed by atoms with Crippen LogP contribution < -0.4 is 0 Å². The van der Waals surface area contributed by atoms with Crippen molar-refractivity contribution >= 4 is 21.7 Å². The Bertz CT molecular complexity index is 445. The number of ether oxygens (including phenoxy) is 1. The second-order valence-corrected chi connectivity index (χ2v) is 5.66. The number of benzene rings is 1. The van der Waals surface area contributed by atoms with Gasteiger partial charge in [0.2, 0.25) is 0 Å². The lowest BCUT2D eigenvalue weighted by atomic mass is 9.94. The van der Waals surface area contributed by atoms with Crippen molar-refractivity contribution in [2.24, 2.45) is 0 Å². The zero-order chi connectivity index (χ0) is 13.3. The first-order chi connectivity index (χ1) is 8.52. The summed E-state index contributed by atoms with van der Waals surface area (Å²) in [5.41, 5.74) is 5.08. The van der Waals surface area contributed by atoms with Crippen molar-refractivity contribution in [3.8, 4) is 0 Å². The second-order valence-electron chi connectivity index (χ2n) is 5.10. The summed E-state index contributed by atoms with van der Waals surface area (Å²) in [5, 5.41) is 0.385. The highest BCUT2D eigenvalue weighted by Crippen LogP contribution is 2.36. The van der Waals surface area contributed by atoms with Crippen molar-refractivity contribution in [2.75, 3.05) is 5.33 Å². The van der Waals surface area contributed by atoms with E-state index < -0.39 is 0 Å². The largest absolute Gasteiger partial charge is 0.362 e. The van der Waals surface area contributed by atoms with Gasteiger partial charge in [0.1, 0.15) is 6.10 Å². The summed E-state index contributed by atoms with van der Waals surface area (Å²) < 4.78 is 5.92. The summed E-state index contributed by atoms with van der Waals surface area (Å²) in [6, 6.07) is 4.37. The normalized spacial score (nSPS) is 23.3. The van der Waals surface area contributed by atoms with Crippen molar-refractivity contribution in [1.82, 2.24) is 0 Å². The van der Waals surface area contributed by atoms with E-state index in [1.54, 1.807) is 0 Å². The minimum atomic E-state index is -0.227. The zero-order valence-corrected chi connectivity index (χ0v) is 12.7. The van der Waals surface area contributed by atoms with E-state index >= 15 is 0 Å². The lowest BCUT2D eigenvalue weighted by molar-refractivity contribution is -0.127. The fraction of sp³-hybridized carbons (Fsp3) is 0.533. The highest BCUT2D eigenvalue weighted by Gasteiger charge is 2.32. The molecule has 1 aromatic carbocycles. The number of carbonyl (C=O) groups excluding carboxylic acids is 1. The van der Waals surface area contributed by atoms with Crippen LogP contribution in [0.15, 0.2) is 12.1 Å². The summed E-state index contributed by atoms with van der Waals surface area (Å²) in [6.45, 7) is 6.35. The number of hydrogen-bond acceptors (Lipinski definition) is 2. The highest BCUT2D eigenvalue weighted by atomic mass is 79.9. The molecule has 98 valence electrons. The maximum Gasteiger partial charge on any atom is 0.172 e. The topological polar surface area (TPSA) is 26.3 Å². The molecule has 1 aliphatic rings. The molecule has 0 N–H and O–H groups in total. The molecule has 2 unspecified atom stereocenters. The molecule has 2 rings (SSSR count). The number of ketones is 1. The van der Waals surface area contributed by atoms with Crippen LogP contribution in [-0.2, 0) is 9.53 Å². The molecule has 0 spiro atoms. The zero-order valence-electron chi connectivity index (χ0n) is 11.1. The van der Waals surface area contributed by atoms with Gasteiger partial charge in [-0.2, -0.15) is 0 Å². The molecule has 1 heterocycles. The molecule has 0 aromatic heterocycles. The Hall–Kier alpha value is -0.670. The Kier molecular flexibility index (Phi) is 4.23. The standard InChI is InChI=1S/C15H19BrO2/c1-9-6-10(2)15(11(3)7-9)14-5-4-13(18-14)12(17)8-16/h6-7,13-14H,4-5,8H2,1-3H3. The lowest BCUT2D eigenvalue weighted by Gasteiger charge is -2.18. The fourth-order valence-electron chi connectivity index (χ4n) is 2.87. The van der Waals surface area contributed by atoms with E-state index in [4.69, 9.17) is 4.74 Å². The van der Waals surface area contributed by atoms with Gasteiger partial charge in [0.05, 0.1) is 11.4 Å². The van der Waals surface area contributed by atoms with Gasteiger partial charge in [-0.15, -0.1) is 0 Å². The third kappa shape index (κ3) is 2.67. The van der Waals surface area contributed by atoms with Crippen LogP contribution in [0.25, 0.3) is 0 Å². The van der Waals surface area contributed by atoms with Gasteiger partial charge in [-0.3, -0.25) is 4.79 Å². The van der Waals surface area contributed by atoms with Crippen molar-refractivity contribution < 1.29 is 9.53 Å². The third-order valence-electron chi connectivity index (χ3n) is 3.57. The number of Topliss-reactive ketones (excluding diaryl/α,β-unsaturated/α-hetero) is 1. The molecular weight excluding hydrogens is 292 g/mol. The van der Waals surface area contributed by atoms with Crippen LogP contribution in [-0.4, -0.2) is 17.2 Å². The van der Waals surface area contributed by atoms with Crippen molar-refractivity contribution in [1.29, 1.82) is 0 Å². The van der Waals surface area contributed by atoms with Crippen LogP contribution >= 0.6 is 15.9 Å². The number of hydrogen-bond donors (Lipinski definition) is 0. The SMILES string of the molecule is Cc1cc(C)c(C2CCC(C(=O)CBr)O2)c(C)c1. The van der Waals surface area contributed by atoms with Crippen LogP contribution in [0.5, 0.6) is 0 Å². The molecule has 0 amide bonds. The Morgan fingerprint density at radius 2 is 1.89 bits per heavy atom. The van der Waals surface area contributed by atoms with E-state index in [-0.39, 0.29) is 18.0 Å². The minimum absolute atomic E-state index is 0.0820. The summed E-state index contributed by atoms with van der Waals surface area (Å²) in [4.78, 5) is 11.6. The summed E-state index contributed by atoms with van der Waals surface area (Å²) in [6.07, 6.45) is 1.63. The van der Waals surface area contributed by atoms with Gasteiger partial charge < -0.3 is 4.74 Å². The molecule has 0 radical (unpaired) electrons. The number of aryl methyl sites for hydroxylation is 3. The Balaban J connectivity index is 2.22. The molecule has 1 fully saturated rings. The van der Waals surface area contributed by atoms with E-state index in [2.05, 4.69) is 48.8 Å². The van der Waals surface area contributed by atoms with Gasteiger partial charge >= 0.3 is 0 Å². The van der Waals surface area contributed by atoms with E-state index in [1.807, 2.05) is 0 Å². The number of carbonyl (C=O) groups is 1. The lowest BCUT2D eigenvalue weighted by Crippen LogP contribution is -2.20. The molecule has 2 nitrogen and oxygen atoms in total. The fourth-order valence-corrected chi connectivity index (χ4v) is 3.23. The van der Waals surface area contributed by atoms with Crippen LogP contribution in [0.3, 0.4) is 0 Å². The van der Waals surface area contributed by atoms with Gasteiger partial charge in [-0.05, 0) is 50.3 Å². The number of alkyl halides is 1. The molecule has 18 heavy (non-hydrogen) atoms. The van der Waals surface area contributed by atoms with E-state index in [0.717, 1.165) is 12.8 Å². The molecule has 2 atom stereocenters. The van der Waals surface area contributed by atoms with Crippen LogP contribution in [0.2, 0.25) is 0 Å². The average molecular weight is 311 g/mol. The summed E-state index contributed by atoms with van der Waals surface area (Å²) in [7, 11) is 0. The van der Waals surface area contributed by atoms with Crippen molar-refractivity contribution in [3.63, 3.8) is 0 Å². The van der Waals surface area contributed by atoms with Gasteiger partial charge in [0, 0.05) is 0 Å². The van der Waals surface area contributed by atoms with Gasteiger partial charge in [0.15, 0.2) is 5.78 Å². The smallest absolute Gasteiger partial charge is 0.172 e. The Labute approximate surface area is 117 Å². The molecule has 1 aliphatic heterocycles. The first-order valence-corrected chi connectivity index (χ1v) is 7.47. The first-order valence-electron chi connectivity index (χ1n) is 6.34. The monoisotopic (exact) mass is 310 g/mol. The number of halogens is 1. The second kappa shape index (κ2) is 5.54.